The van der Waals surface area contributed by atoms with Gasteiger partial charge in [0, 0.05) is 68.9 Å². The molecule has 2 aliphatic heterocycles. The maximum atomic E-state index is 13.2. The highest BCUT2D eigenvalue weighted by atomic mass is 32.1. The van der Waals surface area contributed by atoms with Crippen LogP contribution in [0.25, 0.3) is 11.0 Å². The monoisotopic (exact) mass is 486 g/mol. The van der Waals surface area contributed by atoms with Crippen LogP contribution in [0.1, 0.15) is 31.5 Å². The Labute approximate surface area is 207 Å². The second-order valence-corrected chi connectivity index (χ2v) is 10.0. The van der Waals surface area contributed by atoms with E-state index in [1.54, 1.807) is 6.20 Å². The average Bonchev–Trinajstić information content (AvgIpc) is 3.53. The minimum atomic E-state index is 0.0196. The van der Waals surface area contributed by atoms with Gasteiger partial charge in [-0.15, -0.1) is 11.3 Å². The summed E-state index contributed by atoms with van der Waals surface area (Å²) in [5.41, 5.74) is 3.64. The fraction of sp³-hybridized carbons (Fsp3) is 0.308. The number of aromatic nitrogens is 3. The number of H-pyrrole nitrogens is 1. The van der Waals surface area contributed by atoms with E-state index in [1.165, 1.54) is 16.9 Å². The van der Waals surface area contributed by atoms with Gasteiger partial charge in [-0.05, 0) is 23.8 Å². The lowest BCUT2D eigenvalue weighted by atomic mass is 10.1. The van der Waals surface area contributed by atoms with E-state index < -0.39 is 0 Å². The number of benzene rings is 2. The summed E-state index contributed by atoms with van der Waals surface area (Å²) >= 11 is 1.38. The molecule has 178 valence electrons. The lowest BCUT2D eigenvalue weighted by Crippen LogP contribution is -2.64. The van der Waals surface area contributed by atoms with E-state index >= 15 is 0 Å². The van der Waals surface area contributed by atoms with Gasteiger partial charge >= 0.3 is 0 Å². The largest absolute Gasteiger partial charge is 0.342 e. The fourth-order valence-corrected chi connectivity index (χ4v) is 5.46. The summed E-state index contributed by atoms with van der Waals surface area (Å²) in [5.74, 6) is 0.971. The average molecular weight is 487 g/mol. The lowest BCUT2D eigenvalue weighted by Gasteiger charge is -2.47. The van der Waals surface area contributed by atoms with Crippen LogP contribution in [0.2, 0.25) is 0 Å². The van der Waals surface area contributed by atoms with Gasteiger partial charge in [0.1, 0.15) is 5.82 Å². The number of thiazole rings is 1. The number of amides is 2. The molecule has 0 bridgehead atoms. The molecule has 4 aromatic rings. The maximum absolute atomic E-state index is 13.2. The van der Waals surface area contributed by atoms with Crippen molar-refractivity contribution < 1.29 is 9.59 Å². The third-order valence-electron chi connectivity index (χ3n) is 6.87. The van der Waals surface area contributed by atoms with Crippen LogP contribution in [0.4, 0.5) is 0 Å². The molecule has 6 rings (SSSR count). The smallest absolute Gasteiger partial charge is 0.282 e. The summed E-state index contributed by atoms with van der Waals surface area (Å²) in [5, 5.41) is 2.38. The molecule has 2 fully saturated rings. The van der Waals surface area contributed by atoms with Crippen LogP contribution in [-0.4, -0.2) is 86.8 Å². The number of piperazine rings is 1. The van der Waals surface area contributed by atoms with Gasteiger partial charge in [0.05, 0.1) is 11.0 Å². The van der Waals surface area contributed by atoms with Crippen LogP contribution in [-0.2, 0) is 6.42 Å². The van der Waals surface area contributed by atoms with Crippen LogP contribution in [0, 0.1) is 0 Å². The number of imidazole rings is 1. The Hall–Kier alpha value is -3.56. The van der Waals surface area contributed by atoms with E-state index in [2.05, 4.69) is 32.0 Å². The Balaban J connectivity index is 1.04. The molecule has 0 unspecified atom stereocenters. The van der Waals surface area contributed by atoms with Crippen molar-refractivity contribution in [3.8, 4) is 0 Å². The van der Waals surface area contributed by atoms with Crippen molar-refractivity contribution >= 4 is 34.2 Å². The first-order chi connectivity index (χ1) is 17.1. The van der Waals surface area contributed by atoms with Crippen LogP contribution < -0.4 is 0 Å². The molecule has 8 nitrogen and oxygen atoms in total. The molecule has 2 aromatic heterocycles. The van der Waals surface area contributed by atoms with Crippen LogP contribution in [0.3, 0.4) is 0 Å². The Morgan fingerprint density at radius 1 is 0.971 bits per heavy atom. The molecule has 0 aliphatic carbocycles. The molecule has 35 heavy (non-hydrogen) atoms. The molecule has 0 saturated carbocycles. The summed E-state index contributed by atoms with van der Waals surface area (Å²) in [4.78, 5) is 43.9. The van der Waals surface area contributed by atoms with E-state index in [-0.39, 0.29) is 11.8 Å². The zero-order valence-electron chi connectivity index (χ0n) is 19.3. The normalized spacial score (nSPS) is 17.0. The third kappa shape index (κ3) is 4.44. The van der Waals surface area contributed by atoms with Gasteiger partial charge in [-0.3, -0.25) is 14.5 Å². The van der Waals surface area contributed by atoms with E-state index in [9.17, 15) is 9.59 Å². The standard InChI is InChI=1S/C26H26N6O2S/c33-25(19-6-7-21-22(15-19)29-23(28-21)14-18-4-2-1-3-5-18)31-11-9-30(10-12-31)20-16-32(17-20)26(34)24-27-8-13-35-24/h1-8,13,15,20H,9-12,14,16-17H2,(H,28,29). The van der Waals surface area contributed by atoms with Crippen molar-refractivity contribution in [2.45, 2.75) is 12.5 Å². The summed E-state index contributed by atoms with van der Waals surface area (Å²) in [7, 11) is 0. The first-order valence-electron chi connectivity index (χ1n) is 11.9. The van der Waals surface area contributed by atoms with Crippen LogP contribution in [0.15, 0.2) is 60.1 Å². The zero-order valence-corrected chi connectivity index (χ0v) is 20.1. The maximum Gasteiger partial charge on any atom is 0.282 e. The number of aromatic amines is 1. The molecular weight excluding hydrogens is 460 g/mol. The van der Waals surface area contributed by atoms with E-state index in [1.807, 2.05) is 51.6 Å². The molecular formula is C26H26N6O2S. The highest BCUT2D eigenvalue weighted by Crippen LogP contribution is 2.22. The van der Waals surface area contributed by atoms with E-state index in [0.717, 1.165) is 49.5 Å². The summed E-state index contributed by atoms with van der Waals surface area (Å²) < 4.78 is 0. The first-order valence-corrected chi connectivity index (χ1v) is 12.8. The predicted octanol–water partition coefficient (Wildman–Crippen LogP) is 2.89. The van der Waals surface area contributed by atoms with Gasteiger partial charge in [0.15, 0.2) is 5.01 Å². The molecule has 2 aliphatic rings. The molecule has 0 atom stereocenters. The third-order valence-corrected chi connectivity index (χ3v) is 7.64. The number of nitrogens with one attached hydrogen (secondary N) is 1. The van der Waals surface area contributed by atoms with Gasteiger partial charge in [-0.1, -0.05) is 30.3 Å². The Morgan fingerprint density at radius 2 is 1.77 bits per heavy atom. The summed E-state index contributed by atoms with van der Waals surface area (Å²) in [6, 6.07) is 16.3. The summed E-state index contributed by atoms with van der Waals surface area (Å²) in [6.07, 6.45) is 2.40. The van der Waals surface area contributed by atoms with Crippen molar-refractivity contribution in [3.63, 3.8) is 0 Å². The van der Waals surface area contributed by atoms with Gasteiger partial charge in [0.2, 0.25) is 0 Å². The Morgan fingerprint density at radius 3 is 2.51 bits per heavy atom. The van der Waals surface area contributed by atoms with Crippen molar-refractivity contribution in [1.29, 1.82) is 0 Å². The first kappa shape index (κ1) is 21.9. The van der Waals surface area contributed by atoms with Crippen molar-refractivity contribution in [3.05, 3.63) is 82.1 Å². The van der Waals surface area contributed by atoms with Crippen LogP contribution in [0.5, 0.6) is 0 Å². The molecule has 0 spiro atoms. The SMILES string of the molecule is O=C(c1ccc2nc(Cc3ccccc3)[nH]c2c1)N1CCN(C2CN(C(=O)c3nccs3)C2)CC1. The summed E-state index contributed by atoms with van der Waals surface area (Å²) in [6.45, 7) is 4.49. The van der Waals surface area contributed by atoms with Gasteiger partial charge in [0.25, 0.3) is 11.8 Å². The Bertz CT molecular complexity index is 1340. The number of hydrogen-bond acceptors (Lipinski definition) is 6. The van der Waals surface area contributed by atoms with Gasteiger partial charge in [-0.25, -0.2) is 9.97 Å². The molecule has 9 heteroatoms. The minimum Gasteiger partial charge on any atom is -0.342 e. The molecule has 0 radical (unpaired) electrons. The molecule has 1 N–H and O–H groups in total. The zero-order chi connectivity index (χ0) is 23.8. The second kappa shape index (κ2) is 9.24. The van der Waals surface area contributed by atoms with Crippen molar-refractivity contribution in [1.82, 2.24) is 29.7 Å². The number of fused-ring (bicyclic) bond motifs is 1. The highest BCUT2D eigenvalue weighted by Gasteiger charge is 2.37. The molecule has 2 aromatic carbocycles. The number of likely N-dealkylation sites (tertiary alicyclic amines) is 1. The van der Waals surface area contributed by atoms with E-state index in [4.69, 9.17) is 0 Å². The topological polar surface area (TPSA) is 85.4 Å². The minimum absolute atomic E-state index is 0.0196. The number of carbonyl (C=O) groups is 2. The highest BCUT2D eigenvalue weighted by molar-refractivity contribution is 7.11. The predicted molar refractivity (Wildman–Crippen MR) is 135 cm³/mol. The lowest BCUT2D eigenvalue weighted by molar-refractivity contribution is 0.00852. The molecule has 4 heterocycles. The van der Waals surface area contributed by atoms with E-state index in [0.29, 0.717) is 29.7 Å². The second-order valence-electron chi connectivity index (χ2n) is 9.11. The van der Waals surface area contributed by atoms with Crippen molar-refractivity contribution in [2.24, 2.45) is 0 Å². The quantitative estimate of drug-likeness (QED) is 0.469. The number of hydrogen-bond donors (Lipinski definition) is 1. The molecule has 2 amide bonds. The molecule has 2 saturated heterocycles. The van der Waals surface area contributed by atoms with Gasteiger partial charge < -0.3 is 14.8 Å². The van der Waals surface area contributed by atoms with Gasteiger partial charge in [-0.2, -0.15) is 0 Å². The fourth-order valence-electron chi connectivity index (χ4n) is 4.86. The van der Waals surface area contributed by atoms with Crippen LogP contribution >= 0.6 is 11.3 Å². The number of carbonyl (C=O) groups excluding carboxylic acids is 2. The number of nitrogens with zero attached hydrogens (tertiary/aromatic N) is 5. The Kier molecular flexibility index (Phi) is 5.79. The number of rotatable bonds is 5. The van der Waals surface area contributed by atoms with Crippen molar-refractivity contribution in [2.75, 3.05) is 39.3 Å².